The highest BCUT2D eigenvalue weighted by molar-refractivity contribution is 5.51. The molecule has 1 fully saturated rings. The zero-order valence-electron chi connectivity index (χ0n) is 11.2. The molecule has 0 aliphatic carbocycles. The molecule has 1 saturated heterocycles. The van der Waals surface area contributed by atoms with Crippen molar-refractivity contribution in [3.8, 4) is 5.69 Å². The van der Waals surface area contributed by atoms with Gasteiger partial charge in [-0.3, -0.25) is 0 Å². The molecule has 1 atom stereocenters. The summed E-state index contributed by atoms with van der Waals surface area (Å²) in [6.07, 6.45) is 5.19. The first-order valence-corrected chi connectivity index (χ1v) is 6.90. The lowest BCUT2D eigenvalue weighted by Crippen LogP contribution is -2.36. The van der Waals surface area contributed by atoms with Gasteiger partial charge in [0.05, 0.1) is 11.9 Å². The highest BCUT2D eigenvalue weighted by Crippen LogP contribution is 2.23. The fourth-order valence-corrected chi connectivity index (χ4v) is 2.73. The monoisotopic (exact) mass is 274 g/mol. The van der Waals surface area contributed by atoms with Crippen LogP contribution < -0.4 is 10.7 Å². The summed E-state index contributed by atoms with van der Waals surface area (Å²) in [5.41, 5.74) is 1.92. The topological polar surface area (TPSA) is 58.6 Å². The number of rotatable bonds is 3. The third kappa shape index (κ3) is 2.49. The number of hydrogen-bond acceptors (Lipinski definition) is 4. The van der Waals surface area contributed by atoms with Crippen molar-refractivity contribution in [3.05, 3.63) is 47.3 Å². The van der Waals surface area contributed by atoms with E-state index >= 15 is 0 Å². The van der Waals surface area contributed by atoms with Crippen LogP contribution in [-0.4, -0.2) is 29.4 Å². The molecule has 3 rings (SSSR count). The van der Waals surface area contributed by atoms with Gasteiger partial charge in [0.1, 0.15) is 6.26 Å². The van der Waals surface area contributed by atoms with Crippen molar-refractivity contribution in [2.24, 2.45) is 5.92 Å². The van der Waals surface area contributed by atoms with Gasteiger partial charge < -0.3 is 14.4 Å². The van der Waals surface area contributed by atoms with Gasteiger partial charge in [0.2, 0.25) is 0 Å². The standard InChI is InChI=1S/C15H18N2O3/c18-11-12-2-1-7-16(10-12)13-3-5-14(6-4-13)17-8-9-20-15(17)19/h3-6,8-9,12,18H,1-2,7,10-11H2. The predicted octanol–water partition coefficient (Wildman–Crippen LogP) is 1.64. The predicted molar refractivity (Wildman–Crippen MR) is 76.3 cm³/mol. The lowest BCUT2D eigenvalue weighted by molar-refractivity contribution is 0.209. The maximum atomic E-state index is 11.4. The summed E-state index contributed by atoms with van der Waals surface area (Å²) >= 11 is 0. The number of benzene rings is 1. The second-order valence-corrected chi connectivity index (χ2v) is 5.19. The Morgan fingerprint density at radius 3 is 2.65 bits per heavy atom. The minimum atomic E-state index is -0.379. The Kier molecular flexibility index (Phi) is 3.60. The zero-order chi connectivity index (χ0) is 13.9. The van der Waals surface area contributed by atoms with Gasteiger partial charge in [0.25, 0.3) is 0 Å². The van der Waals surface area contributed by atoms with Crippen molar-refractivity contribution in [1.29, 1.82) is 0 Å². The van der Waals surface area contributed by atoms with E-state index in [1.807, 2.05) is 24.3 Å². The summed E-state index contributed by atoms with van der Waals surface area (Å²) in [6, 6.07) is 7.84. The molecule has 1 N–H and O–H groups in total. The second kappa shape index (κ2) is 5.54. The largest absolute Gasteiger partial charge is 0.423 e. The van der Waals surface area contributed by atoms with Gasteiger partial charge in [0, 0.05) is 25.4 Å². The van der Waals surface area contributed by atoms with Crippen LogP contribution in [0.3, 0.4) is 0 Å². The molecule has 1 aliphatic rings. The quantitative estimate of drug-likeness (QED) is 0.924. The fraction of sp³-hybridized carbons (Fsp3) is 0.400. The van der Waals surface area contributed by atoms with E-state index in [9.17, 15) is 9.90 Å². The smallest absolute Gasteiger partial charge is 0.416 e. The highest BCUT2D eigenvalue weighted by atomic mass is 16.4. The van der Waals surface area contributed by atoms with Crippen LogP contribution in [0.5, 0.6) is 0 Å². The van der Waals surface area contributed by atoms with Crippen LogP contribution in [0.2, 0.25) is 0 Å². The Hall–Kier alpha value is -2.01. The third-order valence-electron chi connectivity index (χ3n) is 3.85. The SMILES string of the molecule is O=c1occn1-c1ccc(N2CCCC(CO)C2)cc1. The van der Waals surface area contributed by atoms with Crippen molar-refractivity contribution in [2.75, 3.05) is 24.6 Å². The van der Waals surface area contributed by atoms with E-state index in [1.165, 1.54) is 10.8 Å². The molecule has 0 radical (unpaired) electrons. The summed E-state index contributed by atoms with van der Waals surface area (Å²) in [7, 11) is 0. The first-order chi connectivity index (χ1) is 9.78. The number of oxazole rings is 1. The van der Waals surface area contributed by atoms with E-state index in [1.54, 1.807) is 6.20 Å². The minimum Gasteiger partial charge on any atom is -0.416 e. The van der Waals surface area contributed by atoms with Crippen LogP contribution in [0.15, 0.2) is 45.9 Å². The van der Waals surface area contributed by atoms with Gasteiger partial charge in [-0.15, -0.1) is 0 Å². The Balaban J connectivity index is 1.79. The van der Waals surface area contributed by atoms with Crippen molar-refractivity contribution in [1.82, 2.24) is 4.57 Å². The summed E-state index contributed by atoms with van der Waals surface area (Å²) in [4.78, 5) is 13.7. The molecular weight excluding hydrogens is 256 g/mol. The molecule has 1 aliphatic heterocycles. The lowest BCUT2D eigenvalue weighted by atomic mass is 9.98. The number of piperidine rings is 1. The molecule has 0 amide bonds. The van der Waals surface area contributed by atoms with E-state index in [0.29, 0.717) is 5.92 Å². The molecule has 1 aromatic heterocycles. The number of anilines is 1. The molecule has 5 heteroatoms. The highest BCUT2D eigenvalue weighted by Gasteiger charge is 2.19. The summed E-state index contributed by atoms with van der Waals surface area (Å²) < 4.78 is 6.23. The molecule has 20 heavy (non-hydrogen) atoms. The average Bonchev–Trinajstić information content (AvgIpc) is 2.94. The van der Waals surface area contributed by atoms with Crippen molar-refractivity contribution >= 4 is 5.69 Å². The first-order valence-electron chi connectivity index (χ1n) is 6.90. The Morgan fingerprint density at radius 2 is 2.00 bits per heavy atom. The first kappa shape index (κ1) is 13.0. The molecule has 0 spiro atoms. The van der Waals surface area contributed by atoms with Crippen LogP contribution in [-0.2, 0) is 0 Å². The van der Waals surface area contributed by atoms with Gasteiger partial charge in [0.15, 0.2) is 0 Å². The van der Waals surface area contributed by atoms with Crippen LogP contribution in [0, 0.1) is 5.92 Å². The van der Waals surface area contributed by atoms with Crippen LogP contribution in [0.1, 0.15) is 12.8 Å². The van der Waals surface area contributed by atoms with E-state index in [2.05, 4.69) is 4.90 Å². The number of aliphatic hydroxyl groups excluding tert-OH is 1. The van der Waals surface area contributed by atoms with Crippen LogP contribution in [0.25, 0.3) is 5.69 Å². The third-order valence-corrected chi connectivity index (χ3v) is 3.85. The van der Waals surface area contributed by atoms with Crippen LogP contribution in [0.4, 0.5) is 5.69 Å². The summed E-state index contributed by atoms with van der Waals surface area (Å²) in [5.74, 6) is -0.0176. The number of hydrogen-bond donors (Lipinski definition) is 1. The Labute approximate surface area is 117 Å². The van der Waals surface area contributed by atoms with Gasteiger partial charge in [-0.1, -0.05) is 0 Å². The molecule has 5 nitrogen and oxygen atoms in total. The maximum absolute atomic E-state index is 11.4. The van der Waals surface area contributed by atoms with Gasteiger partial charge >= 0.3 is 5.76 Å². The Bertz CT molecular complexity index is 615. The second-order valence-electron chi connectivity index (χ2n) is 5.19. The molecule has 1 aromatic carbocycles. The van der Waals surface area contributed by atoms with Gasteiger partial charge in [-0.2, -0.15) is 0 Å². The van der Waals surface area contributed by atoms with Crippen molar-refractivity contribution in [3.63, 3.8) is 0 Å². The summed E-state index contributed by atoms with van der Waals surface area (Å²) in [5, 5.41) is 9.28. The fourth-order valence-electron chi connectivity index (χ4n) is 2.73. The average molecular weight is 274 g/mol. The van der Waals surface area contributed by atoms with E-state index < -0.39 is 0 Å². The Morgan fingerprint density at radius 1 is 1.25 bits per heavy atom. The molecule has 2 aromatic rings. The number of aromatic nitrogens is 1. The summed E-state index contributed by atoms with van der Waals surface area (Å²) in [6.45, 7) is 2.15. The van der Waals surface area contributed by atoms with E-state index in [0.717, 1.165) is 37.3 Å². The van der Waals surface area contributed by atoms with Crippen molar-refractivity contribution in [2.45, 2.75) is 12.8 Å². The zero-order valence-corrected chi connectivity index (χ0v) is 11.2. The maximum Gasteiger partial charge on any atom is 0.423 e. The molecule has 1 unspecified atom stereocenters. The molecule has 2 heterocycles. The minimum absolute atomic E-state index is 0.249. The lowest BCUT2D eigenvalue weighted by Gasteiger charge is -2.33. The normalized spacial score (nSPS) is 19.2. The molecular formula is C15H18N2O3. The molecule has 106 valence electrons. The van der Waals surface area contributed by atoms with Crippen molar-refractivity contribution < 1.29 is 9.52 Å². The number of aliphatic hydroxyl groups is 1. The molecule has 0 saturated carbocycles. The van der Waals surface area contributed by atoms with Gasteiger partial charge in [-0.05, 0) is 43.0 Å². The van der Waals surface area contributed by atoms with E-state index in [4.69, 9.17) is 4.42 Å². The number of nitrogens with zero attached hydrogens (tertiary/aromatic N) is 2. The van der Waals surface area contributed by atoms with Crippen LogP contribution >= 0.6 is 0 Å². The van der Waals surface area contributed by atoms with Gasteiger partial charge in [-0.25, -0.2) is 9.36 Å². The molecule has 0 bridgehead atoms. The van der Waals surface area contributed by atoms with E-state index in [-0.39, 0.29) is 12.4 Å².